The van der Waals surface area contributed by atoms with Crippen molar-refractivity contribution in [1.29, 1.82) is 0 Å². The zero-order valence-electron chi connectivity index (χ0n) is 14.3. The zero-order chi connectivity index (χ0) is 18.6. The Kier molecular flexibility index (Phi) is 5.99. The number of nitrogens with one attached hydrogen (secondary N) is 1. The highest BCUT2D eigenvalue weighted by Crippen LogP contribution is 2.27. The molecule has 0 spiro atoms. The lowest BCUT2D eigenvalue weighted by atomic mass is 10.1. The summed E-state index contributed by atoms with van der Waals surface area (Å²) < 4.78 is 4.34. The maximum atomic E-state index is 11.6. The third-order valence-electron chi connectivity index (χ3n) is 3.53. The number of primary amides is 1. The fraction of sp³-hybridized carbons (Fsp3) is 0.400. The number of rotatable bonds is 8. The second kappa shape index (κ2) is 7.99. The van der Waals surface area contributed by atoms with Gasteiger partial charge in [-0.05, 0) is 30.4 Å². The van der Waals surface area contributed by atoms with Crippen LogP contribution in [-0.2, 0) is 4.79 Å². The van der Waals surface area contributed by atoms with Gasteiger partial charge in [-0.1, -0.05) is 13.8 Å². The number of nitrogens with zero attached hydrogens (tertiary/aromatic N) is 4. The molecule has 1 amide bonds. The van der Waals surface area contributed by atoms with Crippen molar-refractivity contribution in [3.05, 3.63) is 23.7 Å². The molecule has 1 unspecified atom stereocenters. The Balaban J connectivity index is 2.34. The SMILES string of the molecule is CC(C)c1cc(Nc2nc(N(N)C(C)CC=O)cnc2C(N)=O)sn1. The number of hydrogen-bond donors (Lipinski definition) is 3. The van der Waals surface area contributed by atoms with Crippen LogP contribution in [0, 0.1) is 0 Å². The molecular weight excluding hydrogens is 342 g/mol. The molecule has 9 nitrogen and oxygen atoms in total. The molecule has 0 aliphatic heterocycles. The monoisotopic (exact) mass is 363 g/mol. The third kappa shape index (κ3) is 4.48. The van der Waals surface area contributed by atoms with Gasteiger partial charge in [0.1, 0.15) is 11.3 Å². The van der Waals surface area contributed by atoms with Gasteiger partial charge in [0.2, 0.25) is 0 Å². The number of carbonyl (C=O) groups excluding carboxylic acids is 2. The van der Waals surface area contributed by atoms with E-state index in [0.29, 0.717) is 10.8 Å². The Morgan fingerprint density at radius 2 is 2.16 bits per heavy atom. The topological polar surface area (TPSA) is 140 Å². The molecule has 2 aromatic rings. The van der Waals surface area contributed by atoms with E-state index in [-0.39, 0.29) is 29.9 Å². The van der Waals surface area contributed by atoms with Crippen LogP contribution in [-0.4, -0.2) is 32.6 Å². The molecule has 2 heterocycles. The van der Waals surface area contributed by atoms with Crippen LogP contribution in [0.4, 0.5) is 16.6 Å². The predicted octanol–water partition coefficient (Wildman–Crippen LogP) is 1.56. The lowest BCUT2D eigenvalue weighted by Gasteiger charge is -2.24. The van der Waals surface area contributed by atoms with Gasteiger partial charge in [-0.15, -0.1) is 0 Å². The standard InChI is InChI=1S/C15H21N7O2S/c1-8(2)10-6-12(25-21-10)20-15-13(14(16)24)18-7-11(19-15)22(17)9(3)4-5-23/h5-9H,4,17H2,1-3H3,(H2,16,24)(H,19,20). The fourth-order valence-corrected chi connectivity index (χ4v) is 2.77. The fourth-order valence-electron chi connectivity index (χ4n) is 1.99. The molecule has 0 aliphatic rings. The van der Waals surface area contributed by atoms with Crippen molar-refractivity contribution in [1.82, 2.24) is 14.3 Å². The van der Waals surface area contributed by atoms with Crippen molar-refractivity contribution in [3.8, 4) is 0 Å². The van der Waals surface area contributed by atoms with Gasteiger partial charge in [0.25, 0.3) is 5.91 Å². The summed E-state index contributed by atoms with van der Waals surface area (Å²) in [7, 11) is 0. The van der Waals surface area contributed by atoms with Gasteiger partial charge >= 0.3 is 0 Å². The van der Waals surface area contributed by atoms with Crippen molar-refractivity contribution in [2.24, 2.45) is 11.6 Å². The van der Waals surface area contributed by atoms with E-state index in [1.807, 2.05) is 19.9 Å². The smallest absolute Gasteiger partial charge is 0.271 e. The van der Waals surface area contributed by atoms with Crippen molar-refractivity contribution in [2.45, 2.75) is 39.2 Å². The molecule has 25 heavy (non-hydrogen) atoms. The van der Waals surface area contributed by atoms with Gasteiger partial charge < -0.3 is 15.8 Å². The number of hydrogen-bond acceptors (Lipinski definition) is 9. The molecule has 2 rings (SSSR count). The van der Waals surface area contributed by atoms with Crippen LogP contribution in [0.25, 0.3) is 0 Å². The molecular formula is C15H21N7O2S. The molecule has 0 aliphatic carbocycles. The number of aromatic nitrogens is 3. The van der Waals surface area contributed by atoms with Gasteiger partial charge in [-0.25, -0.2) is 15.8 Å². The van der Waals surface area contributed by atoms with Crippen molar-refractivity contribution >= 4 is 40.4 Å². The summed E-state index contributed by atoms with van der Waals surface area (Å²) in [6, 6.07) is 1.61. The summed E-state index contributed by atoms with van der Waals surface area (Å²) in [5.41, 5.74) is 6.30. The first-order chi connectivity index (χ1) is 11.8. The number of aldehydes is 1. The number of hydrazine groups is 1. The van der Waals surface area contributed by atoms with Gasteiger partial charge in [-0.2, -0.15) is 4.37 Å². The minimum absolute atomic E-state index is 0.000289. The molecule has 0 fully saturated rings. The largest absolute Gasteiger partial charge is 0.364 e. The first-order valence-corrected chi connectivity index (χ1v) is 8.48. The molecule has 0 radical (unpaired) electrons. The average molecular weight is 363 g/mol. The summed E-state index contributed by atoms with van der Waals surface area (Å²) in [6.07, 6.45) is 2.36. The summed E-state index contributed by atoms with van der Waals surface area (Å²) >= 11 is 1.25. The first-order valence-electron chi connectivity index (χ1n) is 7.71. The zero-order valence-corrected chi connectivity index (χ0v) is 15.1. The second-order valence-electron chi connectivity index (χ2n) is 5.84. The molecule has 1 atom stereocenters. The van der Waals surface area contributed by atoms with Gasteiger partial charge in [0.15, 0.2) is 17.3 Å². The Bertz CT molecular complexity index is 762. The van der Waals surface area contributed by atoms with E-state index in [0.717, 1.165) is 12.0 Å². The quantitative estimate of drug-likeness (QED) is 0.364. The minimum Gasteiger partial charge on any atom is -0.364 e. The Morgan fingerprint density at radius 1 is 1.44 bits per heavy atom. The van der Waals surface area contributed by atoms with Crippen LogP contribution >= 0.6 is 11.5 Å². The number of amides is 1. The minimum atomic E-state index is -0.709. The van der Waals surface area contributed by atoms with E-state index in [4.69, 9.17) is 11.6 Å². The molecule has 0 bridgehead atoms. The number of nitrogens with two attached hydrogens (primary N) is 2. The van der Waals surface area contributed by atoms with E-state index >= 15 is 0 Å². The highest BCUT2D eigenvalue weighted by atomic mass is 32.1. The number of carbonyl (C=O) groups is 2. The van der Waals surface area contributed by atoms with Crippen molar-refractivity contribution in [2.75, 3.05) is 10.3 Å². The Labute approximate surface area is 149 Å². The summed E-state index contributed by atoms with van der Waals surface area (Å²) in [6.45, 7) is 5.85. The molecule has 0 saturated heterocycles. The van der Waals surface area contributed by atoms with E-state index in [9.17, 15) is 9.59 Å². The first kappa shape index (κ1) is 18.7. The van der Waals surface area contributed by atoms with Gasteiger partial charge in [0, 0.05) is 6.42 Å². The molecule has 5 N–H and O–H groups in total. The molecule has 134 valence electrons. The second-order valence-corrected chi connectivity index (χ2v) is 6.65. The lowest BCUT2D eigenvalue weighted by Crippen LogP contribution is -2.40. The lowest BCUT2D eigenvalue weighted by molar-refractivity contribution is -0.108. The van der Waals surface area contributed by atoms with Gasteiger partial charge in [0.05, 0.1) is 17.9 Å². The Hall–Kier alpha value is -2.59. The van der Waals surface area contributed by atoms with Crippen LogP contribution in [0.1, 0.15) is 49.3 Å². The van der Waals surface area contributed by atoms with Crippen LogP contribution in [0.3, 0.4) is 0 Å². The summed E-state index contributed by atoms with van der Waals surface area (Å²) in [5, 5.41) is 5.06. The highest BCUT2D eigenvalue weighted by molar-refractivity contribution is 7.10. The van der Waals surface area contributed by atoms with E-state index < -0.39 is 5.91 Å². The summed E-state index contributed by atoms with van der Waals surface area (Å²) in [5.74, 6) is 6.06. The third-order valence-corrected chi connectivity index (χ3v) is 4.25. The van der Waals surface area contributed by atoms with Crippen molar-refractivity contribution < 1.29 is 9.59 Å². The molecule has 10 heteroatoms. The van der Waals surface area contributed by atoms with Gasteiger partial charge in [-0.3, -0.25) is 9.80 Å². The average Bonchev–Trinajstić information content (AvgIpc) is 3.03. The van der Waals surface area contributed by atoms with Crippen LogP contribution < -0.4 is 21.9 Å². The normalized spacial score (nSPS) is 12.0. The summed E-state index contributed by atoms with van der Waals surface area (Å²) in [4.78, 5) is 30.7. The maximum Gasteiger partial charge on any atom is 0.271 e. The predicted molar refractivity (Wildman–Crippen MR) is 96.8 cm³/mol. The Morgan fingerprint density at radius 3 is 2.72 bits per heavy atom. The van der Waals surface area contributed by atoms with E-state index in [2.05, 4.69) is 19.7 Å². The van der Waals surface area contributed by atoms with E-state index in [1.54, 1.807) is 6.92 Å². The van der Waals surface area contributed by atoms with Crippen LogP contribution in [0.15, 0.2) is 12.3 Å². The van der Waals surface area contributed by atoms with Crippen molar-refractivity contribution in [3.63, 3.8) is 0 Å². The van der Waals surface area contributed by atoms with Crippen LogP contribution in [0.5, 0.6) is 0 Å². The molecule has 0 saturated carbocycles. The molecule has 0 aromatic carbocycles. The maximum absolute atomic E-state index is 11.6. The number of anilines is 3. The highest BCUT2D eigenvalue weighted by Gasteiger charge is 2.18. The van der Waals surface area contributed by atoms with E-state index in [1.165, 1.54) is 22.7 Å². The molecule has 2 aromatic heterocycles. The van der Waals surface area contributed by atoms with Crippen LogP contribution in [0.2, 0.25) is 0 Å².